The van der Waals surface area contributed by atoms with Crippen LogP contribution in [0.25, 0.3) is 0 Å². The first kappa shape index (κ1) is 70.4. The molecule has 0 aliphatic rings. The van der Waals surface area contributed by atoms with Crippen molar-refractivity contribution < 1.29 is 42.1 Å². The first-order valence-electron chi connectivity index (χ1n) is 29.2. The number of allylic oxidation sites excluding steroid dienone is 20. The highest BCUT2D eigenvalue weighted by molar-refractivity contribution is 7.45. The van der Waals surface area contributed by atoms with Gasteiger partial charge in [-0.2, -0.15) is 0 Å². The normalized spacial score (nSPS) is 14.2. The van der Waals surface area contributed by atoms with E-state index in [0.717, 1.165) is 89.9 Å². The minimum absolute atomic E-state index is 0.0466. The Bertz CT molecular complexity index is 1660. The van der Waals surface area contributed by atoms with E-state index < -0.39 is 32.5 Å². The van der Waals surface area contributed by atoms with Crippen LogP contribution in [0.3, 0.4) is 0 Å². The first-order valence-corrected chi connectivity index (χ1v) is 30.7. The van der Waals surface area contributed by atoms with Crippen LogP contribution in [-0.2, 0) is 32.7 Å². The smallest absolute Gasteiger partial charge is 0.306 e. The fourth-order valence-electron chi connectivity index (χ4n) is 7.47. The molecule has 0 saturated carbocycles. The van der Waals surface area contributed by atoms with Crippen molar-refractivity contribution in [3.8, 4) is 0 Å². The molecule has 0 spiro atoms. The van der Waals surface area contributed by atoms with Crippen LogP contribution in [0.5, 0.6) is 0 Å². The van der Waals surface area contributed by atoms with Gasteiger partial charge < -0.3 is 27.9 Å². The Balaban J connectivity index is 4.30. The molecule has 10 heteroatoms. The Labute approximate surface area is 454 Å². The van der Waals surface area contributed by atoms with E-state index in [9.17, 15) is 19.0 Å². The number of carbonyl (C=O) groups excluding carboxylic acids is 2. The van der Waals surface area contributed by atoms with Gasteiger partial charge in [-0.15, -0.1) is 0 Å². The van der Waals surface area contributed by atoms with Crippen LogP contribution in [0.1, 0.15) is 219 Å². The van der Waals surface area contributed by atoms with Gasteiger partial charge in [0.15, 0.2) is 6.10 Å². The van der Waals surface area contributed by atoms with Crippen LogP contribution < -0.4 is 4.89 Å². The van der Waals surface area contributed by atoms with E-state index in [1.807, 2.05) is 21.1 Å². The molecule has 0 aromatic rings. The largest absolute Gasteiger partial charge is 0.756 e. The van der Waals surface area contributed by atoms with Crippen molar-refractivity contribution in [3.63, 3.8) is 0 Å². The maximum atomic E-state index is 12.8. The molecular formula is C64H108NO8P. The SMILES string of the molecule is CC/C=C\C/C=C\C/C=C\C/C=C\C/C=C\C/C=C\C/C=C\C/C=C\CCCCC(=O)OC(COC(=O)CCCCCCCCCCCCC/C=C\C/C=C\CCCCCCC)COP(=O)([O-])OCC[N+](C)(C)C. The summed E-state index contributed by atoms with van der Waals surface area (Å²) in [7, 11) is 1.12. The molecule has 0 bridgehead atoms. The van der Waals surface area contributed by atoms with Gasteiger partial charge in [0.25, 0.3) is 7.82 Å². The summed E-state index contributed by atoms with van der Waals surface area (Å²) < 4.78 is 34.1. The first-order chi connectivity index (χ1) is 36.0. The lowest BCUT2D eigenvalue weighted by Gasteiger charge is -2.28. The number of quaternary nitrogens is 1. The fourth-order valence-corrected chi connectivity index (χ4v) is 8.19. The summed E-state index contributed by atoms with van der Waals surface area (Å²) in [6.45, 7) is 4.05. The van der Waals surface area contributed by atoms with Gasteiger partial charge in [0.05, 0.1) is 27.7 Å². The van der Waals surface area contributed by atoms with Gasteiger partial charge in [0.2, 0.25) is 0 Å². The zero-order valence-corrected chi connectivity index (χ0v) is 48.6. The molecule has 0 aromatic heterocycles. The number of rotatable bonds is 52. The third kappa shape index (κ3) is 57.7. The van der Waals surface area contributed by atoms with Crippen molar-refractivity contribution in [3.05, 3.63) is 122 Å². The standard InChI is InChI=1S/C64H108NO8P/c1-6-8-10-12-14-16-18-20-22-24-26-28-30-31-32-33-35-37-39-41-43-45-47-49-51-53-55-57-64(67)73-62(61-72-74(68,69)71-59-58-65(3,4)5)60-70-63(66)56-54-52-50-48-46-44-42-40-38-36-34-29-27-25-23-21-19-17-15-13-11-9-7-2/h8,10,14,16,19-22,25-28,31-32,35,37,41,43,47,49,62H,6-7,9,11-13,15,17-18,23-24,29-30,33-34,36,38-40,42,44-46,48,50-61H2,1-5H3/b10-8-,16-14-,21-19-,22-20-,27-25-,28-26-,32-31-,37-35-,43-41-,49-47-. The number of esters is 2. The monoisotopic (exact) mass is 1050 g/mol. The van der Waals surface area contributed by atoms with Gasteiger partial charge in [-0.25, -0.2) is 0 Å². The Kier molecular flexibility index (Phi) is 51.6. The second-order valence-corrected chi connectivity index (χ2v) is 21.7. The molecular weight excluding hydrogens is 942 g/mol. The molecule has 2 atom stereocenters. The van der Waals surface area contributed by atoms with Crippen molar-refractivity contribution in [2.45, 2.75) is 225 Å². The van der Waals surface area contributed by atoms with Crippen LogP contribution in [0.4, 0.5) is 0 Å². The highest BCUT2D eigenvalue weighted by atomic mass is 31.2. The zero-order valence-electron chi connectivity index (χ0n) is 47.7. The van der Waals surface area contributed by atoms with E-state index in [2.05, 4.69) is 135 Å². The molecule has 0 amide bonds. The van der Waals surface area contributed by atoms with Gasteiger partial charge in [-0.05, 0) is 109 Å². The third-order valence-electron chi connectivity index (χ3n) is 12.0. The van der Waals surface area contributed by atoms with Crippen LogP contribution in [-0.4, -0.2) is 70.0 Å². The van der Waals surface area contributed by atoms with Crippen molar-refractivity contribution >= 4 is 19.8 Å². The number of ether oxygens (including phenoxy) is 2. The van der Waals surface area contributed by atoms with Crippen molar-refractivity contribution in [2.24, 2.45) is 0 Å². The van der Waals surface area contributed by atoms with Crippen LogP contribution in [0.2, 0.25) is 0 Å². The third-order valence-corrected chi connectivity index (χ3v) is 12.9. The summed E-state index contributed by atoms with van der Waals surface area (Å²) in [5.41, 5.74) is 0. The lowest BCUT2D eigenvalue weighted by atomic mass is 10.0. The predicted octanol–water partition coefficient (Wildman–Crippen LogP) is 17.7. The topological polar surface area (TPSA) is 111 Å². The zero-order chi connectivity index (χ0) is 54.2. The molecule has 0 rings (SSSR count). The molecule has 0 N–H and O–H groups in total. The molecule has 2 unspecified atom stereocenters. The molecule has 422 valence electrons. The van der Waals surface area contributed by atoms with Gasteiger partial charge >= 0.3 is 11.9 Å². The molecule has 0 heterocycles. The lowest BCUT2D eigenvalue weighted by molar-refractivity contribution is -0.870. The van der Waals surface area contributed by atoms with Gasteiger partial charge in [-0.1, -0.05) is 219 Å². The number of hydrogen-bond donors (Lipinski definition) is 0. The van der Waals surface area contributed by atoms with Crippen molar-refractivity contribution in [2.75, 3.05) is 47.5 Å². The Morgan fingerprint density at radius 1 is 0.432 bits per heavy atom. The molecule has 0 aliphatic carbocycles. The van der Waals surface area contributed by atoms with Crippen LogP contribution in [0.15, 0.2) is 122 Å². The van der Waals surface area contributed by atoms with Gasteiger partial charge in [0.1, 0.15) is 19.8 Å². The minimum Gasteiger partial charge on any atom is -0.756 e. The van der Waals surface area contributed by atoms with Gasteiger partial charge in [-0.3, -0.25) is 14.2 Å². The van der Waals surface area contributed by atoms with E-state index in [-0.39, 0.29) is 26.1 Å². The van der Waals surface area contributed by atoms with Gasteiger partial charge in [0, 0.05) is 12.8 Å². The quantitative estimate of drug-likeness (QED) is 0.0195. The average molecular weight is 1050 g/mol. The number of phosphoric ester groups is 1. The van der Waals surface area contributed by atoms with Crippen molar-refractivity contribution in [1.29, 1.82) is 0 Å². The number of carbonyl (C=O) groups is 2. The number of nitrogens with zero attached hydrogens (tertiary/aromatic N) is 1. The highest BCUT2D eigenvalue weighted by Gasteiger charge is 2.21. The molecule has 0 aliphatic heterocycles. The summed E-state index contributed by atoms with van der Waals surface area (Å²) in [5.74, 6) is -0.894. The Morgan fingerprint density at radius 3 is 1.18 bits per heavy atom. The van der Waals surface area contributed by atoms with E-state index >= 15 is 0 Å². The summed E-state index contributed by atoms with van der Waals surface area (Å²) in [4.78, 5) is 37.9. The summed E-state index contributed by atoms with van der Waals surface area (Å²) in [6, 6.07) is 0. The predicted molar refractivity (Wildman–Crippen MR) is 314 cm³/mol. The van der Waals surface area contributed by atoms with Crippen LogP contribution in [0, 0.1) is 0 Å². The Hall–Kier alpha value is -3.59. The average Bonchev–Trinajstić information content (AvgIpc) is 3.36. The van der Waals surface area contributed by atoms with E-state index in [1.54, 1.807) is 0 Å². The summed E-state index contributed by atoms with van der Waals surface area (Å²) in [5, 5.41) is 0. The maximum Gasteiger partial charge on any atom is 0.306 e. The number of unbranched alkanes of at least 4 members (excludes halogenated alkanes) is 18. The van der Waals surface area contributed by atoms with E-state index in [0.29, 0.717) is 23.9 Å². The minimum atomic E-state index is -4.66. The maximum absolute atomic E-state index is 12.8. The van der Waals surface area contributed by atoms with Crippen LogP contribution >= 0.6 is 7.82 Å². The summed E-state index contributed by atoms with van der Waals surface area (Å²) >= 11 is 0. The van der Waals surface area contributed by atoms with E-state index in [1.165, 1.54) is 89.9 Å². The number of phosphoric acid groups is 1. The molecule has 0 saturated heterocycles. The second kappa shape index (κ2) is 54.2. The fraction of sp³-hybridized carbons (Fsp3) is 0.656. The highest BCUT2D eigenvalue weighted by Crippen LogP contribution is 2.38. The molecule has 9 nitrogen and oxygen atoms in total. The van der Waals surface area contributed by atoms with Crippen molar-refractivity contribution in [1.82, 2.24) is 0 Å². The van der Waals surface area contributed by atoms with E-state index in [4.69, 9.17) is 18.5 Å². The number of hydrogen-bond acceptors (Lipinski definition) is 8. The second-order valence-electron chi connectivity index (χ2n) is 20.3. The molecule has 74 heavy (non-hydrogen) atoms. The lowest BCUT2D eigenvalue weighted by Crippen LogP contribution is -2.37. The molecule has 0 radical (unpaired) electrons. The molecule has 0 fully saturated rings. The Morgan fingerprint density at radius 2 is 0.770 bits per heavy atom. The number of likely N-dealkylation sites (N-methyl/N-ethyl adjacent to an activating group) is 1. The summed E-state index contributed by atoms with van der Waals surface area (Å²) in [6.07, 6.45) is 76.7. The molecule has 0 aromatic carbocycles.